The van der Waals surface area contributed by atoms with Crippen LogP contribution < -0.4 is 4.72 Å². The van der Waals surface area contributed by atoms with Crippen LogP contribution in [0.3, 0.4) is 0 Å². The van der Waals surface area contributed by atoms with E-state index in [-0.39, 0.29) is 11.8 Å². The molecular formula is C20H23N3O3S3. The summed E-state index contributed by atoms with van der Waals surface area (Å²) in [6.07, 6.45) is 3.76. The van der Waals surface area contributed by atoms with Crippen molar-refractivity contribution in [3.63, 3.8) is 0 Å². The highest BCUT2D eigenvalue weighted by molar-refractivity contribution is 7.88. The number of piperidine rings is 1. The van der Waals surface area contributed by atoms with Crippen LogP contribution in [0.2, 0.25) is 0 Å². The number of benzene rings is 1. The number of rotatable bonds is 6. The Morgan fingerprint density at radius 2 is 2.07 bits per heavy atom. The van der Waals surface area contributed by atoms with Gasteiger partial charge in [-0.15, -0.1) is 22.7 Å². The van der Waals surface area contributed by atoms with Crippen LogP contribution in [0.15, 0.2) is 36.4 Å². The summed E-state index contributed by atoms with van der Waals surface area (Å²) in [4.78, 5) is 21.4. The fourth-order valence-electron chi connectivity index (χ4n) is 3.57. The number of para-hydroxylation sites is 1. The summed E-state index contributed by atoms with van der Waals surface area (Å²) >= 11 is 3.17. The van der Waals surface area contributed by atoms with E-state index in [0.29, 0.717) is 24.4 Å². The summed E-state index contributed by atoms with van der Waals surface area (Å²) in [5.41, 5.74) is 1.03. The molecule has 1 N–H and O–H groups in total. The lowest BCUT2D eigenvalue weighted by molar-refractivity contribution is 0.0712. The zero-order valence-electron chi connectivity index (χ0n) is 16.1. The molecule has 3 heterocycles. The molecule has 1 amide bonds. The second kappa shape index (κ2) is 8.51. The lowest BCUT2D eigenvalue weighted by Gasteiger charge is -2.31. The van der Waals surface area contributed by atoms with Crippen LogP contribution in [0.25, 0.3) is 10.2 Å². The molecule has 4 rings (SSSR count). The lowest BCUT2D eigenvalue weighted by atomic mass is 9.98. The van der Waals surface area contributed by atoms with Gasteiger partial charge in [0.25, 0.3) is 5.91 Å². The number of nitrogens with zero attached hydrogens (tertiary/aromatic N) is 2. The maximum Gasteiger partial charge on any atom is 0.263 e. The number of likely N-dealkylation sites (tertiary alicyclic amines) is 1. The van der Waals surface area contributed by atoms with E-state index >= 15 is 0 Å². The van der Waals surface area contributed by atoms with Crippen LogP contribution in [0.5, 0.6) is 0 Å². The van der Waals surface area contributed by atoms with Crippen LogP contribution >= 0.6 is 22.7 Å². The molecule has 2 aromatic heterocycles. The van der Waals surface area contributed by atoms with Gasteiger partial charge >= 0.3 is 0 Å². The number of carbonyl (C=O) groups is 1. The first-order chi connectivity index (χ1) is 13.9. The topological polar surface area (TPSA) is 79.4 Å². The average Bonchev–Trinajstić information content (AvgIpc) is 3.33. The predicted molar refractivity (Wildman–Crippen MR) is 118 cm³/mol. The number of thiazole rings is 1. The van der Waals surface area contributed by atoms with Crippen LogP contribution in [0.1, 0.15) is 38.3 Å². The zero-order chi connectivity index (χ0) is 20.4. The standard InChI is InChI=1S/C20H23N3O3S3/c1-29(25,26)21-11-10-15-8-9-18(27-15)20(24)23-12-4-5-14(13-23)19-22-16-6-2-3-7-17(16)28-19/h2-3,6-9,14,21H,4-5,10-13H2,1H3/t14-/m0/s1. The van der Waals surface area contributed by atoms with Crippen LogP contribution in [-0.4, -0.2) is 50.1 Å². The Labute approximate surface area is 178 Å². The molecule has 0 aliphatic carbocycles. The Kier molecular flexibility index (Phi) is 6.00. The van der Waals surface area contributed by atoms with Crippen molar-refractivity contribution in [1.82, 2.24) is 14.6 Å². The maximum absolute atomic E-state index is 13.0. The van der Waals surface area contributed by atoms with Crippen molar-refractivity contribution in [3.05, 3.63) is 51.2 Å². The first-order valence-electron chi connectivity index (χ1n) is 9.57. The highest BCUT2D eigenvalue weighted by Crippen LogP contribution is 2.33. The van der Waals surface area contributed by atoms with Gasteiger partial charge in [-0.1, -0.05) is 12.1 Å². The second-order valence-electron chi connectivity index (χ2n) is 7.29. The van der Waals surface area contributed by atoms with E-state index in [2.05, 4.69) is 10.8 Å². The SMILES string of the molecule is CS(=O)(=O)NCCc1ccc(C(=O)N2CCC[C@H](c3nc4ccccc4s3)C2)s1. The molecule has 1 aromatic carbocycles. The Hall–Kier alpha value is -1.81. The minimum Gasteiger partial charge on any atom is -0.337 e. The number of fused-ring (bicyclic) bond motifs is 1. The van der Waals surface area contributed by atoms with Gasteiger partial charge in [-0.05, 0) is 43.5 Å². The van der Waals surface area contributed by atoms with Gasteiger partial charge < -0.3 is 4.90 Å². The van der Waals surface area contributed by atoms with Gasteiger partial charge in [0, 0.05) is 30.4 Å². The van der Waals surface area contributed by atoms with Crippen LogP contribution in [0, 0.1) is 0 Å². The van der Waals surface area contributed by atoms with Crippen molar-refractivity contribution in [2.45, 2.75) is 25.2 Å². The van der Waals surface area contributed by atoms with E-state index in [1.54, 1.807) is 11.3 Å². The van der Waals surface area contributed by atoms with E-state index in [4.69, 9.17) is 4.98 Å². The molecule has 29 heavy (non-hydrogen) atoms. The molecule has 0 spiro atoms. The van der Waals surface area contributed by atoms with E-state index in [9.17, 15) is 13.2 Å². The second-order valence-corrected chi connectivity index (χ2v) is 11.4. The Morgan fingerprint density at radius 3 is 2.86 bits per heavy atom. The summed E-state index contributed by atoms with van der Waals surface area (Å²) in [5, 5.41) is 1.11. The molecule has 1 fully saturated rings. The smallest absolute Gasteiger partial charge is 0.263 e. The third-order valence-electron chi connectivity index (χ3n) is 4.98. The molecule has 1 aliphatic rings. The van der Waals surface area contributed by atoms with Crippen LogP contribution in [0.4, 0.5) is 0 Å². The number of nitrogens with one attached hydrogen (secondary N) is 1. The van der Waals surface area contributed by atoms with Crippen molar-refractivity contribution in [2.75, 3.05) is 25.9 Å². The first-order valence-corrected chi connectivity index (χ1v) is 13.1. The van der Waals surface area contributed by atoms with Crippen molar-refractivity contribution in [2.24, 2.45) is 0 Å². The molecule has 0 saturated carbocycles. The molecular weight excluding hydrogens is 426 g/mol. The molecule has 0 unspecified atom stereocenters. The van der Waals surface area contributed by atoms with Gasteiger partial charge in [-0.2, -0.15) is 0 Å². The number of aromatic nitrogens is 1. The van der Waals surface area contributed by atoms with Gasteiger partial charge in [0.05, 0.1) is 26.4 Å². The lowest BCUT2D eigenvalue weighted by Crippen LogP contribution is -2.38. The van der Waals surface area contributed by atoms with Crippen molar-refractivity contribution in [3.8, 4) is 0 Å². The minimum absolute atomic E-state index is 0.0585. The average molecular weight is 450 g/mol. The maximum atomic E-state index is 13.0. The summed E-state index contributed by atoms with van der Waals surface area (Å²) in [5.74, 6) is 0.339. The Morgan fingerprint density at radius 1 is 1.24 bits per heavy atom. The van der Waals surface area contributed by atoms with Gasteiger partial charge in [0.15, 0.2) is 0 Å². The zero-order valence-corrected chi connectivity index (χ0v) is 18.6. The summed E-state index contributed by atoms with van der Waals surface area (Å²) in [6.45, 7) is 1.81. The van der Waals surface area contributed by atoms with E-state index in [0.717, 1.165) is 41.0 Å². The molecule has 9 heteroatoms. The van der Waals surface area contributed by atoms with Crippen molar-refractivity contribution >= 4 is 48.8 Å². The quantitative estimate of drug-likeness (QED) is 0.625. The number of amides is 1. The monoisotopic (exact) mass is 449 g/mol. The molecule has 3 aromatic rings. The van der Waals surface area contributed by atoms with E-state index in [1.807, 2.05) is 35.2 Å². The molecule has 154 valence electrons. The Bertz CT molecular complexity index is 1090. The number of thiophene rings is 1. The largest absolute Gasteiger partial charge is 0.337 e. The van der Waals surface area contributed by atoms with Gasteiger partial charge in [0.2, 0.25) is 10.0 Å². The molecule has 1 saturated heterocycles. The number of hydrogen-bond acceptors (Lipinski definition) is 6. The molecule has 1 atom stereocenters. The highest BCUT2D eigenvalue weighted by atomic mass is 32.2. The van der Waals surface area contributed by atoms with E-state index < -0.39 is 10.0 Å². The molecule has 0 radical (unpaired) electrons. The van der Waals surface area contributed by atoms with Gasteiger partial charge in [-0.25, -0.2) is 18.1 Å². The van der Waals surface area contributed by atoms with E-state index in [1.165, 1.54) is 16.0 Å². The number of sulfonamides is 1. The Balaban J connectivity index is 1.41. The summed E-state index contributed by atoms with van der Waals surface area (Å²) in [6, 6.07) is 11.9. The predicted octanol–water partition coefficient (Wildman–Crippen LogP) is 3.47. The van der Waals surface area contributed by atoms with Crippen LogP contribution in [-0.2, 0) is 16.4 Å². The normalized spacial score (nSPS) is 17.7. The fraction of sp³-hybridized carbons (Fsp3) is 0.400. The molecule has 1 aliphatic heterocycles. The molecule has 0 bridgehead atoms. The van der Waals surface area contributed by atoms with Gasteiger partial charge in [0.1, 0.15) is 0 Å². The van der Waals surface area contributed by atoms with Gasteiger partial charge in [-0.3, -0.25) is 4.79 Å². The summed E-state index contributed by atoms with van der Waals surface area (Å²) < 4.78 is 26.0. The number of hydrogen-bond donors (Lipinski definition) is 1. The third kappa shape index (κ3) is 5.03. The highest BCUT2D eigenvalue weighted by Gasteiger charge is 2.28. The minimum atomic E-state index is -3.19. The fourth-order valence-corrected chi connectivity index (χ4v) is 6.11. The van der Waals surface area contributed by atoms with Crippen molar-refractivity contribution < 1.29 is 13.2 Å². The number of carbonyl (C=O) groups excluding carboxylic acids is 1. The van der Waals surface area contributed by atoms with Crippen molar-refractivity contribution in [1.29, 1.82) is 0 Å². The third-order valence-corrected chi connectivity index (χ3v) is 8.04. The first kappa shape index (κ1) is 20.5. The molecule has 6 nitrogen and oxygen atoms in total. The summed E-state index contributed by atoms with van der Waals surface area (Å²) in [7, 11) is -3.19.